The zero-order chi connectivity index (χ0) is 15.8. The molecule has 1 aliphatic rings. The van der Waals surface area contributed by atoms with E-state index in [-0.39, 0.29) is 6.10 Å². The quantitative estimate of drug-likeness (QED) is 0.808. The van der Waals surface area contributed by atoms with Crippen LogP contribution in [0.3, 0.4) is 0 Å². The Labute approximate surface area is 133 Å². The van der Waals surface area contributed by atoms with Gasteiger partial charge in [0.15, 0.2) is 0 Å². The normalized spacial score (nSPS) is 15.9. The highest BCUT2D eigenvalue weighted by molar-refractivity contribution is 5.96. The smallest absolute Gasteiger partial charge is 0.252 e. The van der Waals surface area contributed by atoms with E-state index >= 15 is 0 Å². The van der Waals surface area contributed by atoms with Crippen LogP contribution in [0.2, 0.25) is 0 Å². The summed E-state index contributed by atoms with van der Waals surface area (Å²) in [6.45, 7) is 0. The summed E-state index contributed by atoms with van der Waals surface area (Å²) in [5, 5.41) is 4.30. The summed E-state index contributed by atoms with van der Waals surface area (Å²) < 4.78 is 7.90. The molecule has 0 aliphatic carbocycles. The van der Waals surface area contributed by atoms with Crippen molar-refractivity contribution in [2.24, 2.45) is 5.73 Å². The highest BCUT2D eigenvalue weighted by Crippen LogP contribution is 2.40. The lowest BCUT2D eigenvalue weighted by Crippen LogP contribution is -2.13. The lowest BCUT2D eigenvalue weighted by molar-refractivity contribution is 0.0995. The van der Waals surface area contributed by atoms with Crippen LogP contribution in [-0.4, -0.2) is 15.7 Å². The van der Waals surface area contributed by atoms with Gasteiger partial charge >= 0.3 is 0 Å². The van der Waals surface area contributed by atoms with Crippen LogP contribution in [0.15, 0.2) is 60.9 Å². The van der Waals surface area contributed by atoms with Gasteiger partial charge < -0.3 is 10.5 Å². The molecule has 0 fully saturated rings. The predicted molar refractivity (Wildman–Crippen MR) is 85.6 cm³/mol. The summed E-state index contributed by atoms with van der Waals surface area (Å²) in [6, 6.07) is 15.4. The van der Waals surface area contributed by atoms with E-state index in [1.165, 1.54) is 0 Å². The van der Waals surface area contributed by atoms with Crippen molar-refractivity contribution in [3.8, 4) is 11.4 Å². The summed E-state index contributed by atoms with van der Waals surface area (Å²) in [4.78, 5) is 11.6. The Balaban J connectivity index is 1.75. The summed E-state index contributed by atoms with van der Waals surface area (Å²) in [6.07, 6.45) is 4.18. The maximum Gasteiger partial charge on any atom is 0.252 e. The van der Waals surface area contributed by atoms with E-state index < -0.39 is 5.91 Å². The fraction of sp³-hybridized carbons (Fsp3) is 0.111. The number of para-hydroxylation sites is 2. The number of hydrogen-bond acceptors (Lipinski definition) is 3. The maximum atomic E-state index is 11.6. The van der Waals surface area contributed by atoms with Gasteiger partial charge in [-0.1, -0.05) is 30.3 Å². The standard InChI is InChI=1S/C18H15N3O2/c19-18(22)14-7-3-5-12-11-16(23-17(12)14)13-6-1-2-8-15(13)21-10-4-9-20-21/h1-10,16H,11H2,(H2,19,22). The summed E-state index contributed by atoms with van der Waals surface area (Å²) >= 11 is 0. The van der Waals surface area contributed by atoms with E-state index in [1.807, 2.05) is 53.3 Å². The summed E-state index contributed by atoms with van der Waals surface area (Å²) in [7, 11) is 0. The van der Waals surface area contributed by atoms with Crippen molar-refractivity contribution in [2.45, 2.75) is 12.5 Å². The number of fused-ring (bicyclic) bond motifs is 1. The second kappa shape index (κ2) is 5.28. The number of ether oxygens (including phenoxy) is 1. The molecule has 0 saturated heterocycles. The number of primary amides is 1. The monoisotopic (exact) mass is 305 g/mol. The van der Waals surface area contributed by atoms with Crippen LogP contribution >= 0.6 is 0 Å². The van der Waals surface area contributed by atoms with Gasteiger partial charge in [0.2, 0.25) is 0 Å². The third-order valence-corrected chi connectivity index (χ3v) is 4.06. The average molecular weight is 305 g/mol. The third kappa shape index (κ3) is 2.26. The SMILES string of the molecule is NC(=O)c1cccc2c1OC(c1ccccc1-n1cccn1)C2. The average Bonchev–Trinajstić information content (AvgIpc) is 3.23. The van der Waals surface area contributed by atoms with Crippen molar-refractivity contribution in [1.82, 2.24) is 9.78 Å². The molecule has 4 rings (SSSR count). The van der Waals surface area contributed by atoms with Crippen LogP contribution in [0.4, 0.5) is 0 Å². The molecule has 1 amide bonds. The van der Waals surface area contributed by atoms with Gasteiger partial charge in [-0.25, -0.2) is 4.68 Å². The minimum absolute atomic E-state index is 0.161. The van der Waals surface area contributed by atoms with Crippen molar-refractivity contribution in [3.05, 3.63) is 77.6 Å². The Bertz CT molecular complexity index is 872. The zero-order valence-corrected chi connectivity index (χ0v) is 12.3. The Morgan fingerprint density at radius 1 is 1.17 bits per heavy atom. The van der Waals surface area contributed by atoms with Crippen LogP contribution in [0, 0.1) is 0 Å². The summed E-state index contributed by atoms with van der Waals surface area (Å²) in [5.41, 5.74) is 8.88. The van der Waals surface area contributed by atoms with E-state index in [9.17, 15) is 4.79 Å². The second-order valence-corrected chi connectivity index (χ2v) is 5.48. The van der Waals surface area contributed by atoms with E-state index in [0.29, 0.717) is 17.7 Å². The number of carbonyl (C=O) groups is 1. The first-order valence-corrected chi connectivity index (χ1v) is 7.41. The Morgan fingerprint density at radius 2 is 2.04 bits per heavy atom. The molecule has 114 valence electrons. The minimum Gasteiger partial charge on any atom is -0.484 e. The van der Waals surface area contributed by atoms with Gasteiger partial charge in [0.05, 0.1) is 11.3 Å². The highest BCUT2D eigenvalue weighted by atomic mass is 16.5. The Hall–Kier alpha value is -3.08. The van der Waals surface area contributed by atoms with Crippen molar-refractivity contribution in [1.29, 1.82) is 0 Å². The maximum absolute atomic E-state index is 11.6. The van der Waals surface area contributed by atoms with Gasteiger partial charge in [-0.2, -0.15) is 5.10 Å². The number of nitrogens with zero attached hydrogens (tertiary/aromatic N) is 2. The largest absolute Gasteiger partial charge is 0.484 e. The number of nitrogens with two attached hydrogens (primary N) is 1. The van der Waals surface area contributed by atoms with Crippen molar-refractivity contribution in [3.63, 3.8) is 0 Å². The number of hydrogen-bond donors (Lipinski definition) is 1. The molecule has 0 radical (unpaired) electrons. The Kier molecular flexibility index (Phi) is 3.12. The first-order valence-electron chi connectivity index (χ1n) is 7.41. The molecule has 23 heavy (non-hydrogen) atoms. The van der Waals surface area contributed by atoms with Gasteiger partial charge in [-0.15, -0.1) is 0 Å². The van der Waals surface area contributed by atoms with E-state index in [0.717, 1.165) is 16.8 Å². The molecule has 0 saturated carbocycles. The number of aromatic nitrogens is 2. The van der Waals surface area contributed by atoms with Crippen molar-refractivity contribution in [2.75, 3.05) is 0 Å². The van der Waals surface area contributed by atoms with Crippen LogP contribution in [0.25, 0.3) is 5.69 Å². The van der Waals surface area contributed by atoms with Crippen LogP contribution in [-0.2, 0) is 6.42 Å². The molecule has 2 aromatic carbocycles. The topological polar surface area (TPSA) is 70.1 Å². The molecular weight excluding hydrogens is 290 g/mol. The van der Waals surface area contributed by atoms with Gasteiger partial charge in [0.1, 0.15) is 11.9 Å². The number of benzene rings is 2. The third-order valence-electron chi connectivity index (χ3n) is 4.06. The molecule has 0 bridgehead atoms. The number of carbonyl (C=O) groups excluding carboxylic acids is 1. The number of rotatable bonds is 3. The fourth-order valence-electron chi connectivity index (χ4n) is 3.02. The Morgan fingerprint density at radius 3 is 2.83 bits per heavy atom. The molecule has 5 nitrogen and oxygen atoms in total. The van der Waals surface area contributed by atoms with E-state index in [1.54, 1.807) is 12.3 Å². The van der Waals surface area contributed by atoms with Crippen molar-refractivity contribution >= 4 is 5.91 Å². The van der Waals surface area contributed by atoms with Crippen molar-refractivity contribution < 1.29 is 9.53 Å². The molecule has 1 unspecified atom stereocenters. The van der Waals surface area contributed by atoms with Gasteiger partial charge in [0, 0.05) is 24.4 Å². The number of amides is 1. The van der Waals surface area contributed by atoms with Gasteiger partial charge in [0.25, 0.3) is 5.91 Å². The lowest BCUT2D eigenvalue weighted by atomic mass is 10.0. The van der Waals surface area contributed by atoms with Crippen LogP contribution < -0.4 is 10.5 Å². The van der Waals surface area contributed by atoms with E-state index in [2.05, 4.69) is 5.10 Å². The van der Waals surface area contributed by atoms with Crippen LogP contribution in [0.5, 0.6) is 5.75 Å². The molecule has 2 N–H and O–H groups in total. The first-order chi connectivity index (χ1) is 11.2. The molecular formula is C18H15N3O2. The predicted octanol–water partition coefficient (Wildman–Crippen LogP) is 2.65. The van der Waals surface area contributed by atoms with E-state index in [4.69, 9.17) is 10.5 Å². The lowest BCUT2D eigenvalue weighted by Gasteiger charge is -2.16. The summed E-state index contributed by atoms with van der Waals surface area (Å²) in [5.74, 6) is 0.128. The molecule has 1 aliphatic heterocycles. The highest BCUT2D eigenvalue weighted by Gasteiger charge is 2.29. The zero-order valence-electron chi connectivity index (χ0n) is 12.3. The molecule has 1 aromatic heterocycles. The molecule has 0 spiro atoms. The molecule has 1 atom stereocenters. The minimum atomic E-state index is -0.470. The first kappa shape index (κ1) is 13.6. The second-order valence-electron chi connectivity index (χ2n) is 5.48. The van der Waals surface area contributed by atoms with Gasteiger partial charge in [-0.3, -0.25) is 4.79 Å². The molecule has 5 heteroatoms. The fourth-order valence-corrected chi connectivity index (χ4v) is 3.02. The van der Waals surface area contributed by atoms with Crippen LogP contribution in [0.1, 0.15) is 27.6 Å². The van der Waals surface area contributed by atoms with Gasteiger partial charge in [-0.05, 0) is 23.8 Å². The molecule has 2 heterocycles. The molecule has 3 aromatic rings.